The summed E-state index contributed by atoms with van der Waals surface area (Å²) in [6.45, 7) is 10.1. The third-order valence-corrected chi connectivity index (χ3v) is 10.1. The Hall–Kier alpha value is -3.17. The van der Waals surface area contributed by atoms with Crippen LogP contribution in [0.25, 0.3) is 11.1 Å². The standard InChI is InChI=1S/C33H42F3N5O2/c1-5-42-29-37-18-24(19-38-29)23-7-6-8-26(17-23)41(20-22-15-25(16-22)33(34,35)36)21-31-9-12-32(13-10-31,14-11-31)28-39-27(40-43-28)30(2,3)4/h6-8,17-19,22,25H,5,9-16,20-21H2,1-4H3. The molecule has 2 bridgehead atoms. The van der Waals surface area contributed by atoms with Crippen molar-refractivity contribution in [2.24, 2.45) is 17.3 Å². The molecule has 7 rings (SSSR count). The number of hydrogen-bond donors (Lipinski definition) is 0. The highest BCUT2D eigenvalue weighted by atomic mass is 19.4. The molecule has 232 valence electrons. The monoisotopic (exact) mass is 597 g/mol. The fourth-order valence-corrected chi connectivity index (χ4v) is 7.25. The van der Waals surface area contributed by atoms with Gasteiger partial charge in [-0.1, -0.05) is 38.1 Å². The molecule has 2 heterocycles. The number of anilines is 1. The Bertz CT molecular complexity index is 1380. The number of alkyl halides is 3. The first kappa shape index (κ1) is 29.9. The molecule has 10 heteroatoms. The zero-order valence-electron chi connectivity index (χ0n) is 25.6. The van der Waals surface area contributed by atoms with E-state index in [1.54, 1.807) is 12.4 Å². The van der Waals surface area contributed by atoms with Crippen molar-refractivity contribution >= 4 is 5.69 Å². The number of aromatic nitrogens is 4. The van der Waals surface area contributed by atoms with Crippen molar-refractivity contribution in [1.29, 1.82) is 0 Å². The van der Waals surface area contributed by atoms with Gasteiger partial charge in [0.05, 0.1) is 12.5 Å². The van der Waals surface area contributed by atoms with Crippen LogP contribution in [-0.2, 0) is 10.8 Å². The molecule has 1 aromatic carbocycles. The molecule has 4 saturated carbocycles. The lowest BCUT2D eigenvalue weighted by atomic mass is 9.53. The largest absolute Gasteiger partial charge is 0.464 e. The van der Waals surface area contributed by atoms with E-state index >= 15 is 0 Å². The van der Waals surface area contributed by atoms with Crippen molar-refractivity contribution in [3.63, 3.8) is 0 Å². The van der Waals surface area contributed by atoms with Gasteiger partial charge in [0, 0.05) is 47.6 Å². The zero-order chi connectivity index (χ0) is 30.5. The third-order valence-electron chi connectivity index (χ3n) is 10.1. The fraction of sp³-hybridized carbons (Fsp3) is 0.636. The molecule has 4 aliphatic carbocycles. The second-order valence-corrected chi connectivity index (χ2v) is 14.1. The number of benzene rings is 1. The number of rotatable bonds is 9. The maximum atomic E-state index is 13.3. The van der Waals surface area contributed by atoms with Crippen LogP contribution in [0.1, 0.15) is 90.8 Å². The normalized spacial score (nSPS) is 27.1. The summed E-state index contributed by atoms with van der Waals surface area (Å²) in [6, 6.07) is 8.58. The van der Waals surface area contributed by atoms with E-state index in [-0.39, 0.29) is 35.0 Å². The van der Waals surface area contributed by atoms with Crippen molar-refractivity contribution in [2.45, 2.75) is 96.1 Å². The molecular formula is C33H42F3N5O2. The van der Waals surface area contributed by atoms with Crippen LogP contribution in [0.5, 0.6) is 6.01 Å². The topological polar surface area (TPSA) is 77.2 Å². The summed E-state index contributed by atoms with van der Waals surface area (Å²) in [5, 5.41) is 4.31. The lowest BCUT2D eigenvalue weighted by molar-refractivity contribution is -0.203. The molecular weight excluding hydrogens is 555 g/mol. The molecule has 0 unspecified atom stereocenters. The minimum Gasteiger partial charge on any atom is -0.464 e. The summed E-state index contributed by atoms with van der Waals surface area (Å²) in [6.07, 6.45) is 5.92. The van der Waals surface area contributed by atoms with Gasteiger partial charge in [0.15, 0.2) is 5.82 Å². The van der Waals surface area contributed by atoms with E-state index in [1.807, 2.05) is 19.1 Å². The summed E-state index contributed by atoms with van der Waals surface area (Å²) in [7, 11) is 0. The first-order chi connectivity index (χ1) is 20.4. The van der Waals surface area contributed by atoms with Crippen molar-refractivity contribution in [3.8, 4) is 17.1 Å². The molecule has 0 radical (unpaired) electrons. The molecule has 4 aliphatic rings. The molecule has 0 aliphatic heterocycles. The molecule has 7 nitrogen and oxygen atoms in total. The van der Waals surface area contributed by atoms with Crippen molar-refractivity contribution in [3.05, 3.63) is 48.4 Å². The van der Waals surface area contributed by atoms with Crippen LogP contribution in [0.3, 0.4) is 0 Å². The van der Waals surface area contributed by atoms with Gasteiger partial charge in [0.1, 0.15) is 0 Å². The van der Waals surface area contributed by atoms with Crippen molar-refractivity contribution in [2.75, 3.05) is 24.6 Å². The van der Waals surface area contributed by atoms with E-state index in [4.69, 9.17) is 14.2 Å². The van der Waals surface area contributed by atoms with Crippen LogP contribution in [-0.4, -0.2) is 46.0 Å². The van der Waals surface area contributed by atoms with Gasteiger partial charge in [-0.15, -0.1) is 0 Å². The van der Waals surface area contributed by atoms with E-state index in [0.717, 1.165) is 73.6 Å². The number of ether oxygens (including phenoxy) is 1. The predicted molar refractivity (Wildman–Crippen MR) is 158 cm³/mol. The minimum absolute atomic E-state index is 0.0287. The van der Waals surface area contributed by atoms with Crippen LogP contribution in [0.2, 0.25) is 0 Å². The van der Waals surface area contributed by atoms with Crippen molar-refractivity contribution < 1.29 is 22.4 Å². The number of hydrogen-bond acceptors (Lipinski definition) is 7. The van der Waals surface area contributed by atoms with Crippen LogP contribution in [0, 0.1) is 17.3 Å². The van der Waals surface area contributed by atoms with Gasteiger partial charge in [-0.3, -0.25) is 0 Å². The summed E-state index contributed by atoms with van der Waals surface area (Å²) < 4.78 is 51.2. The van der Waals surface area contributed by atoms with E-state index in [0.29, 0.717) is 19.2 Å². The Balaban J connectivity index is 1.21. The van der Waals surface area contributed by atoms with E-state index < -0.39 is 12.1 Å². The van der Waals surface area contributed by atoms with Gasteiger partial charge in [0.2, 0.25) is 5.89 Å². The zero-order valence-corrected chi connectivity index (χ0v) is 25.6. The minimum atomic E-state index is -4.11. The van der Waals surface area contributed by atoms with Gasteiger partial charge in [-0.25, -0.2) is 9.97 Å². The number of nitrogens with zero attached hydrogens (tertiary/aromatic N) is 5. The van der Waals surface area contributed by atoms with Gasteiger partial charge >= 0.3 is 12.2 Å². The summed E-state index contributed by atoms with van der Waals surface area (Å²) >= 11 is 0. The predicted octanol–water partition coefficient (Wildman–Crippen LogP) is 7.91. The molecule has 0 spiro atoms. The van der Waals surface area contributed by atoms with E-state index in [9.17, 15) is 13.2 Å². The lowest BCUT2D eigenvalue weighted by Gasteiger charge is -2.54. The van der Waals surface area contributed by atoms with Crippen LogP contribution in [0.15, 0.2) is 41.2 Å². The van der Waals surface area contributed by atoms with Gasteiger partial charge in [-0.2, -0.15) is 18.2 Å². The van der Waals surface area contributed by atoms with Gasteiger partial charge in [0.25, 0.3) is 0 Å². The SMILES string of the molecule is CCOc1ncc(-c2cccc(N(CC3CC(C(F)(F)F)C3)CC34CCC(c5nc(C(C)(C)C)no5)(CC3)CC4)c2)cn1. The average molecular weight is 598 g/mol. The van der Waals surface area contributed by atoms with E-state index in [2.05, 4.69) is 52.9 Å². The molecule has 0 saturated heterocycles. The second-order valence-electron chi connectivity index (χ2n) is 14.1. The lowest BCUT2D eigenvalue weighted by Crippen LogP contribution is -2.51. The average Bonchev–Trinajstić information content (AvgIpc) is 3.48. The quantitative estimate of drug-likeness (QED) is 0.248. The Morgan fingerprint density at radius 1 is 0.977 bits per heavy atom. The smallest absolute Gasteiger partial charge is 0.391 e. The first-order valence-electron chi connectivity index (χ1n) is 15.6. The summed E-state index contributed by atoms with van der Waals surface area (Å²) in [4.78, 5) is 15.8. The van der Waals surface area contributed by atoms with E-state index in [1.165, 1.54) is 0 Å². The number of halogens is 3. The molecule has 0 atom stereocenters. The molecule has 3 aromatic rings. The number of fused-ring (bicyclic) bond motifs is 3. The maximum Gasteiger partial charge on any atom is 0.391 e. The summed E-state index contributed by atoms with van der Waals surface area (Å²) in [5.41, 5.74) is 2.76. The van der Waals surface area contributed by atoms with Crippen LogP contribution in [0.4, 0.5) is 18.9 Å². The molecule has 2 aromatic heterocycles. The first-order valence-corrected chi connectivity index (χ1v) is 15.6. The maximum absolute atomic E-state index is 13.3. The Morgan fingerprint density at radius 2 is 1.65 bits per heavy atom. The highest BCUT2D eigenvalue weighted by Gasteiger charge is 2.53. The fourth-order valence-electron chi connectivity index (χ4n) is 7.25. The highest BCUT2D eigenvalue weighted by Crippen LogP contribution is 2.58. The summed E-state index contributed by atoms with van der Waals surface area (Å²) in [5.74, 6) is 0.379. The molecule has 43 heavy (non-hydrogen) atoms. The Kier molecular flexibility index (Phi) is 7.70. The Morgan fingerprint density at radius 3 is 2.23 bits per heavy atom. The van der Waals surface area contributed by atoms with Crippen LogP contribution < -0.4 is 9.64 Å². The van der Waals surface area contributed by atoms with Gasteiger partial charge in [-0.05, 0) is 87.3 Å². The van der Waals surface area contributed by atoms with Gasteiger partial charge < -0.3 is 14.2 Å². The van der Waals surface area contributed by atoms with Crippen LogP contribution >= 0.6 is 0 Å². The molecule has 4 fully saturated rings. The van der Waals surface area contributed by atoms with Crippen molar-refractivity contribution in [1.82, 2.24) is 20.1 Å². The third kappa shape index (κ3) is 6.11. The Labute approximate surface area is 251 Å². The molecule has 0 amide bonds. The second kappa shape index (κ2) is 11.1. The molecule has 0 N–H and O–H groups in total. The highest BCUT2D eigenvalue weighted by molar-refractivity contribution is 5.67.